The van der Waals surface area contributed by atoms with Gasteiger partial charge in [0.1, 0.15) is 0 Å². The number of amidine groups is 1. The van der Waals surface area contributed by atoms with Gasteiger partial charge < -0.3 is 16.3 Å². The van der Waals surface area contributed by atoms with Crippen LogP contribution in [0.2, 0.25) is 0 Å². The lowest BCUT2D eigenvalue weighted by atomic mass is 10.0. The number of rotatable bonds is 8. The van der Waals surface area contributed by atoms with Crippen LogP contribution in [0.25, 0.3) is 0 Å². The van der Waals surface area contributed by atoms with Gasteiger partial charge in [-0.1, -0.05) is 43.3 Å². The minimum atomic E-state index is 0.157. The Hall–Kier alpha value is -1.20. The van der Waals surface area contributed by atoms with Crippen molar-refractivity contribution in [2.24, 2.45) is 10.9 Å². The summed E-state index contributed by atoms with van der Waals surface area (Å²) < 4.78 is 0.283. The van der Waals surface area contributed by atoms with Crippen molar-refractivity contribution in [2.75, 3.05) is 12.8 Å². The maximum atomic E-state index is 8.82. The fourth-order valence-electron chi connectivity index (χ4n) is 2.26. The molecule has 0 unspecified atom stereocenters. The first-order chi connectivity index (χ1) is 9.62. The highest BCUT2D eigenvalue weighted by Gasteiger charge is 2.24. The first-order valence-electron chi connectivity index (χ1n) is 6.94. The van der Waals surface area contributed by atoms with Gasteiger partial charge in [-0.3, -0.25) is 0 Å². The summed E-state index contributed by atoms with van der Waals surface area (Å²) in [6.07, 6.45) is 4.44. The summed E-state index contributed by atoms with van der Waals surface area (Å²) in [6, 6.07) is 7.72. The highest BCUT2D eigenvalue weighted by atomic mass is 32.2. The second-order valence-electron chi connectivity index (χ2n) is 4.84. The predicted molar refractivity (Wildman–Crippen MR) is 87.5 cm³/mol. The van der Waals surface area contributed by atoms with Gasteiger partial charge in [0.2, 0.25) is 0 Å². The number of thioether (sulfide) groups is 1. The minimum Gasteiger partial charge on any atom is -0.409 e. The molecule has 0 aliphatic carbocycles. The summed E-state index contributed by atoms with van der Waals surface area (Å²) in [6.45, 7) is 6.12. The summed E-state index contributed by atoms with van der Waals surface area (Å²) in [5, 5.41) is 15.4. The lowest BCUT2D eigenvalue weighted by Crippen LogP contribution is -2.36. The molecule has 0 heterocycles. The third kappa shape index (κ3) is 4.15. The first-order valence-corrected chi connectivity index (χ1v) is 8.16. The number of benzene rings is 1. The Morgan fingerprint density at radius 3 is 2.55 bits per heavy atom. The van der Waals surface area contributed by atoms with Crippen LogP contribution in [-0.4, -0.2) is 28.6 Å². The van der Waals surface area contributed by atoms with E-state index in [-0.39, 0.29) is 10.6 Å². The van der Waals surface area contributed by atoms with Gasteiger partial charge >= 0.3 is 0 Å². The second kappa shape index (κ2) is 8.17. The molecule has 0 saturated heterocycles. The van der Waals surface area contributed by atoms with Crippen LogP contribution in [0.3, 0.4) is 0 Å². The molecule has 0 bridgehead atoms. The molecule has 0 fully saturated rings. The van der Waals surface area contributed by atoms with Crippen molar-refractivity contribution in [1.82, 2.24) is 5.32 Å². The third-order valence-electron chi connectivity index (χ3n) is 3.89. The zero-order chi connectivity index (χ0) is 15.0. The Morgan fingerprint density at radius 1 is 1.35 bits per heavy atom. The Labute approximate surface area is 125 Å². The number of hydrogen-bond donors (Lipinski definition) is 3. The molecule has 0 amide bonds. The van der Waals surface area contributed by atoms with E-state index >= 15 is 0 Å². The zero-order valence-corrected chi connectivity index (χ0v) is 13.3. The van der Waals surface area contributed by atoms with Crippen molar-refractivity contribution >= 4 is 17.6 Å². The minimum absolute atomic E-state index is 0.157. The van der Waals surface area contributed by atoms with Crippen LogP contribution < -0.4 is 11.1 Å². The van der Waals surface area contributed by atoms with E-state index < -0.39 is 0 Å². The van der Waals surface area contributed by atoms with E-state index in [4.69, 9.17) is 10.9 Å². The lowest BCUT2D eigenvalue weighted by Gasteiger charge is -2.30. The average molecular weight is 295 g/mol. The Balaban J connectivity index is 2.71. The third-order valence-corrected chi connectivity index (χ3v) is 5.47. The molecule has 4 N–H and O–H groups in total. The fourth-order valence-corrected chi connectivity index (χ4v) is 3.09. The van der Waals surface area contributed by atoms with Crippen LogP contribution in [0, 0.1) is 0 Å². The van der Waals surface area contributed by atoms with Crippen molar-refractivity contribution in [1.29, 1.82) is 0 Å². The maximum absolute atomic E-state index is 8.82. The average Bonchev–Trinajstić information content (AvgIpc) is 2.52. The molecule has 0 atom stereocenters. The van der Waals surface area contributed by atoms with Gasteiger partial charge in [-0.2, -0.15) is 11.8 Å². The van der Waals surface area contributed by atoms with Gasteiger partial charge in [0.15, 0.2) is 5.84 Å². The molecule has 0 aromatic heterocycles. The molecule has 0 aliphatic heterocycles. The number of nitrogens with one attached hydrogen (secondary N) is 1. The highest BCUT2D eigenvalue weighted by molar-refractivity contribution is 8.00. The monoisotopic (exact) mass is 295 g/mol. The van der Waals surface area contributed by atoms with E-state index in [0.29, 0.717) is 6.54 Å². The predicted octanol–water partition coefficient (Wildman–Crippen LogP) is 2.79. The Morgan fingerprint density at radius 2 is 2.00 bits per heavy atom. The van der Waals surface area contributed by atoms with Crippen LogP contribution in [0.5, 0.6) is 0 Å². The van der Waals surface area contributed by atoms with E-state index in [1.807, 2.05) is 36.0 Å². The molecule has 112 valence electrons. The molecule has 5 heteroatoms. The molecule has 4 nitrogen and oxygen atoms in total. The van der Waals surface area contributed by atoms with Crippen molar-refractivity contribution < 1.29 is 5.21 Å². The fraction of sp³-hybridized carbons (Fsp3) is 0.533. The normalized spacial score (nSPS) is 12.7. The second-order valence-corrected chi connectivity index (χ2v) is 6.11. The van der Waals surface area contributed by atoms with Gasteiger partial charge in [-0.15, -0.1) is 0 Å². The summed E-state index contributed by atoms with van der Waals surface area (Å²) in [5.74, 6) is 0.157. The van der Waals surface area contributed by atoms with Crippen LogP contribution in [-0.2, 0) is 6.54 Å². The van der Waals surface area contributed by atoms with Crippen LogP contribution in [0.15, 0.2) is 29.4 Å². The molecule has 1 rings (SSSR count). The molecular formula is C15H25N3OS. The van der Waals surface area contributed by atoms with Crippen LogP contribution in [0.4, 0.5) is 0 Å². The van der Waals surface area contributed by atoms with E-state index in [1.165, 1.54) is 0 Å². The summed E-state index contributed by atoms with van der Waals surface area (Å²) in [7, 11) is 0. The van der Waals surface area contributed by atoms with Gasteiger partial charge in [0.05, 0.1) is 0 Å². The summed E-state index contributed by atoms with van der Waals surface area (Å²) in [5.41, 5.74) is 7.53. The lowest BCUT2D eigenvalue weighted by molar-refractivity contribution is 0.318. The van der Waals surface area contributed by atoms with Crippen molar-refractivity contribution in [3.8, 4) is 0 Å². The van der Waals surface area contributed by atoms with Gasteiger partial charge in [0, 0.05) is 23.4 Å². The molecule has 1 aromatic rings. The molecule has 0 spiro atoms. The van der Waals surface area contributed by atoms with E-state index in [9.17, 15) is 0 Å². The van der Waals surface area contributed by atoms with Crippen molar-refractivity contribution in [2.45, 2.75) is 38.0 Å². The first kappa shape index (κ1) is 16.9. The van der Waals surface area contributed by atoms with Gasteiger partial charge in [-0.05, 0) is 24.7 Å². The van der Waals surface area contributed by atoms with E-state index in [0.717, 1.165) is 30.5 Å². The largest absolute Gasteiger partial charge is 0.409 e. The highest BCUT2D eigenvalue weighted by Crippen LogP contribution is 2.29. The molecular weight excluding hydrogens is 270 g/mol. The number of oxime groups is 1. The van der Waals surface area contributed by atoms with Crippen LogP contribution >= 0.6 is 11.8 Å². The molecule has 0 saturated carbocycles. The zero-order valence-electron chi connectivity index (χ0n) is 12.5. The Kier molecular flexibility index (Phi) is 6.88. The molecule has 0 aliphatic rings. The maximum Gasteiger partial charge on any atom is 0.170 e. The van der Waals surface area contributed by atoms with E-state index in [2.05, 4.69) is 30.6 Å². The van der Waals surface area contributed by atoms with Crippen molar-refractivity contribution in [3.63, 3.8) is 0 Å². The number of nitrogens with two attached hydrogens (primary N) is 1. The number of hydrogen-bond acceptors (Lipinski definition) is 4. The van der Waals surface area contributed by atoms with E-state index in [1.54, 1.807) is 0 Å². The van der Waals surface area contributed by atoms with Crippen molar-refractivity contribution in [3.05, 3.63) is 35.4 Å². The van der Waals surface area contributed by atoms with Gasteiger partial charge in [-0.25, -0.2) is 0 Å². The topological polar surface area (TPSA) is 70.6 Å². The summed E-state index contributed by atoms with van der Waals surface area (Å²) in [4.78, 5) is 0. The van der Waals surface area contributed by atoms with Crippen LogP contribution in [0.1, 0.15) is 37.8 Å². The standard InChI is InChI=1S/C15H25N3OS/c1-4-15(5-2,20-3)11-17-10-12-8-6-7-9-13(12)14(16)18-19/h6-9,17,19H,4-5,10-11H2,1-3H3,(H2,16,18). The quantitative estimate of drug-likeness (QED) is 0.298. The smallest absolute Gasteiger partial charge is 0.170 e. The molecule has 0 radical (unpaired) electrons. The summed E-state index contributed by atoms with van der Waals surface area (Å²) >= 11 is 1.92. The molecule has 20 heavy (non-hydrogen) atoms. The molecule has 1 aromatic carbocycles. The Bertz CT molecular complexity index is 436. The SMILES string of the molecule is CCC(CC)(CNCc1ccccc1/C(N)=N/O)SC. The van der Waals surface area contributed by atoms with Gasteiger partial charge in [0.25, 0.3) is 0 Å². The number of nitrogens with zero attached hydrogens (tertiary/aromatic N) is 1.